The van der Waals surface area contributed by atoms with Gasteiger partial charge in [0.05, 0.1) is 0 Å². The first-order valence-electron chi connectivity index (χ1n) is 6.38. The van der Waals surface area contributed by atoms with Crippen LogP contribution in [0.25, 0.3) is 5.57 Å². The number of carboxylic acid groups (broad SMARTS) is 1. The Balaban J connectivity index is 2.16. The molecule has 3 heteroatoms. The van der Waals surface area contributed by atoms with Gasteiger partial charge in [-0.2, -0.15) is 0 Å². The van der Waals surface area contributed by atoms with Gasteiger partial charge in [0, 0.05) is 11.1 Å². The van der Waals surface area contributed by atoms with Crippen LogP contribution in [0.15, 0.2) is 60.7 Å². The quantitative estimate of drug-likeness (QED) is 0.825. The fourth-order valence-corrected chi connectivity index (χ4v) is 2.29. The summed E-state index contributed by atoms with van der Waals surface area (Å²) >= 11 is 5.95. The Morgan fingerprint density at radius 1 is 1.10 bits per heavy atom. The van der Waals surface area contributed by atoms with E-state index >= 15 is 0 Å². The molecule has 0 aliphatic carbocycles. The van der Waals surface area contributed by atoms with Gasteiger partial charge in [-0.15, -0.1) is 0 Å². The van der Waals surface area contributed by atoms with Crippen LogP contribution in [0.2, 0.25) is 5.02 Å². The lowest BCUT2D eigenvalue weighted by Gasteiger charge is -2.07. The fraction of sp³-hybridized carbons (Fsp3) is 0.118. The van der Waals surface area contributed by atoms with Crippen LogP contribution in [0.5, 0.6) is 0 Å². The van der Waals surface area contributed by atoms with Crippen molar-refractivity contribution in [2.24, 2.45) is 0 Å². The van der Waals surface area contributed by atoms with E-state index in [2.05, 4.69) is 0 Å². The van der Waals surface area contributed by atoms with Gasteiger partial charge in [-0.1, -0.05) is 54.1 Å². The van der Waals surface area contributed by atoms with E-state index in [1.54, 1.807) is 0 Å². The normalized spacial score (nSPS) is 11.3. The summed E-state index contributed by atoms with van der Waals surface area (Å²) in [6, 6.07) is 17.2. The number of carboxylic acids is 1. The highest BCUT2D eigenvalue weighted by atomic mass is 35.5. The van der Waals surface area contributed by atoms with Crippen molar-refractivity contribution in [3.05, 3.63) is 76.8 Å². The summed E-state index contributed by atoms with van der Waals surface area (Å²) in [5.41, 5.74) is 2.86. The number of hydrogen-bond acceptors (Lipinski definition) is 1. The van der Waals surface area contributed by atoms with Crippen LogP contribution in [0, 0.1) is 0 Å². The van der Waals surface area contributed by atoms with Gasteiger partial charge >= 0.3 is 5.97 Å². The van der Waals surface area contributed by atoms with E-state index < -0.39 is 5.97 Å². The number of benzene rings is 2. The van der Waals surface area contributed by atoms with Crippen LogP contribution in [-0.2, 0) is 11.2 Å². The first-order valence-corrected chi connectivity index (χ1v) is 6.76. The van der Waals surface area contributed by atoms with Gasteiger partial charge in [0.25, 0.3) is 0 Å². The Morgan fingerprint density at radius 3 is 2.50 bits per heavy atom. The summed E-state index contributed by atoms with van der Waals surface area (Å²) in [5, 5.41) is 9.69. The van der Waals surface area contributed by atoms with E-state index in [1.165, 1.54) is 6.08 Å². The smallest absolute Gasteiger partial charge is 0.328 e. The first-order chi connectivity index (χ1) is 9.65. The molecule has 0 unspecified atom stereocenters. The second-order valence-electron chi connectivity index (χ2n) is 4.50. The number of aryl methyl sites for hydroxylation is 1. The molecule has 2 aromatic carbocycles. The molecule has 0 atom stereocenters. The van der Waals surface area contributed by atoms with E-state index in [1.807, 2.05) is 54.6 Å². The summed E-state index contributed by atoms with van der Waals surface area (Å²) in [7, 11) is 0. The van der Waals surface area contributed by atoms with Crippen LogP contribution in [0.3, 0.4) is 0 Å². The highest BCUT2D eigenvalue weighted by molar-refractivity contribution is 6.30. The third-order valence-corrected chi connectivity index (χ3v) is 3.25. The van der Waals surface area contributed by atoms with Gasteiger partial charge in [0.15, 0.2) is 0 Å². The molecule has 0 saturated carbocycles. The molecule has 0 radical (unpaired) electrons. The molecule has 0 heterocycles. The Labute approximate surface area is 123 Å². The maximum atomic E-state index is 11.0. The molecule has 0 fully saturated rings. The van der Waals surface area contributed by atoms with Crippen molar-refractivity contribution in [1.82, 2.24) is 0 Å². The third-order valence-electron chi connectivity index (χ3n) is 3.01. The highest BCUT2D eigenvalue weighted by Crippen LogP contribution is 2.21. The number of aliphatic carboxylic acids is 1. The SMILES string of the molecule is O=C(O)C=C(CCc1cccc(Cl)c1)c1ccccc1. The topological polar surface area (TPSA) is 37.3 Å². The summed E-state index contributed by atoms with van der Waals surface area (Å²) in [5.74, 6) is -0.921. The van der Waals surface area contributed by atoms with Crippen molar-refractivity contribution in [2.45, 2.75) is 12.8 Å². The average Bonchev–Trinajstić information content (AvgIpc) is 2.44. The van der Waals surface area contributed by atoms with Crippen LogP contribution >= 0.6 is 11.6 Å². The minimum absolute atomic E-state index is 0.663. The number of halogens is 1. The summed E-state index contributed by atoms with van der Waals surface area (Å²) in [6.07, 6.45) is 2.70. The molecule has 2 nitrogen and oxygen atoms in total. The van der Waals surface area contributed by atoms with Gasteiger partial charge in [-0.3, -0.25) is 0 Å². The molecular formula is C17H15ClO2. The number of allylic oxidation sites excluding steroid dienone is 1. The maximum Gasteiger partial charge on any atom is 0.328 e. The summed E-state index contributed by atoms with van der Waals surface area (Å²) in [6.45, 7) is 0. The van der Waals surface area contributed by atoms with Crippen LogP contribution in [0.4, 0.5) is 0 Å². The van der Waals surface area contributed by atoms with E-state index in [9.17, 15) is 4.79 Å². The Bertz CT molecular complexity index is 618. The standard InChI is InChI=1S/C17H15ClO2/c18-16-8-4-5-13(11-16)9-10-15(12-17(19)20)14-6-2-1-3-7-14/h1-8,11-12H,9-10H2,(H,19,20). The third kappa shape index (κ3) is 4.25. The molecule has 0 bridgehead atoms. The van der Waals surface area contributed by atoms with E-state index in [-0.39, 0.29) is 0 Å². The van der Waals surface area contributed by atoms with Crippen molar-refractivity contribution < 1.29 is 9.90 Å². The average molecular weight is 287 g/mol. The van der Waals surface area contributed by atoms with Gasteiger partial charge in [-0.25, -0.2) is 4.79 Å². The molecule has 0 aliphatic heterocycles. The van der Waals surface area contributed by atoms with Gasteiger partial charge in [0.2, 0.25) is 0 Å². The predicted octanol–water partition coefficient (Wildman–Crippen LogP) is 4.44. The fourth-order valence-electron chi connectivity index (χ4n) is 2.07. The number of hydrogen-bond donors (Lipinski definition) is 1. The molecule has 0 amide bonds. The largest absolute Gasteiger partial charge is 0.478 e. The Kier molecular flexibility index (Phi) is 4.97. The molecule has 0 saturated heterocycles. The molecule has 2 rings (SSSR count). The molecular weight excluding hydrogens is 272 g/mol. The summed E-state index contributed by atoms with van der Waals surface area (Å²) < 4.78 is 0. The van der Waals surface area contributed by atoms with Crippen LogP contribution < -0.4 is 0 Å². The molecule has 0 aromatic heterocycles. The van der Waals surface area contributed by atoms with E-state index in [4.69, 9.17) is 16.7 Å². The Morgan fingerprint density at radius 2 is 1.85 bits per heavy atom. The van der Waals surface area contributed by atoms with Crippen molar-refractivity contribution in [3.8, 4) is 0 Å². The van der Waals surface area contributed by atoms with E-state index in [0.717, 1.165) is 23.1 Å². The summed E-state index contributed by atoms with van der Waals surface area (Å²) in [4.78, 5) is 11.0. The van der Waals surface area contributed by atoms with Crippen molar-refractivity contribution in [2.75, 3.05) is 0 Å². The minimum Gasteiger partial charge on any atom is -0.478 e. The molecule has 0 spiro atoms. The number of carbonyl (C=O) groups is 1. The second-order valence-corrected chi connectivity index (χ2v) is 4.94. The lowest BCUT2D eigenvalue weighted by atomic mass is 9.98. The van der Waals surface area contributed by atoms with Crippen molar-refractivity contribution in [3.63, 3.8) is 0 Å². The van der Waals surface area contributed by atoms with Crippen LogP contribution in [-0.4, -0.2) is 11.1 Å². The van der Waals surface area contributed by atoms with Gasteiger partial charge < -0.3 is 5.11 Å². The lowest BCUT2D eigenvalue weighted by molar-refractivity contribution is -0.131. The van der Waals surface area contributed by atoms with E-state index in [0.29, 0.717) is 11.4 Å². The number of rotatable bonds is 5. The second kappa shape index (κ2) is 6.92. The zero-order valence-electron chi connectivity index (χ0n) is 10.9. The molecule has 0 aliphatic rings. The molecule has 20 heavy (non-hydrogen) atoms. The van der Waals surface area contributed by atoms with Gasteiger partial charge in [0.1, 0.15) is 0 Å². The Hall–Kier alpha value is -2.06. The zero-order chi connectivity index (χ0) is 14.4. The zero-order valence-corrected chi connectivity index (χ0v) is 11.7. The van der Waals surface area contributed by atoms with Crippen molar-refractivity contribution in [1.29, 1.82) is 0 Å². The minimum atomic E-state index is -0.921. The highest BCUT2D eigenvalue weighted by Gasteiger charge is 2.05. The lowest BCUT2D eigenvalue weighted by Crippen LogP contribution is -1.95. The van der Waals surface area contributed by atoms with Crippen molar-refractivity contribution >= 4 is 23.1 Å². The maximum absolute atomic E-state index is 11.0. The molecule has 102 valence electrons. The van der Waals surface area contributed by atoms with Gasteiger partial charge in [-0.05, 0) is 41.7 Å². The monoisotopic (exact) mass is 286 g/mol. The first kappa shape index (κ1) is 14.4. The molecule has 1 N–H and O–H groups in total. The molecule has 2 aromatic rings. The van der Waals surface area contributed by atoms with Crippen LogP contribution in [0.1, 0.15) is 17.5 Å². The predicted molar refractivity (Wildman–Crippen MR) is 81.8 cm³/mol.